The van der Waals surface area contributed by atoms with E-state index in [1.54, 1.807) is 16.9 Å². The quantitative estimate of drug-likeness (QED) is 0.356. The molecule has 9 heteroatoms. The maximum absolute atomic E-state index is 13.1. The van der Waals surface area contributed by atoms with Crippen LogP contribution in [0.25, 0.3) is 16.9 Å². The molecule has 0 bridgehead atoms. The van der Waals surface area contributed by atoms with Crippen molar-refractivity contribution in [1.82, 2.24) is 14.8 Å². The van der Waals surface area contributed by atoms with Crippen molar-refractivity contribution in [2.75, 3.05) is 10.6 Å². The Kier molecular flexibility index (Phi) is 6.57. The topological polar surface area (TPSA) is 88.9 Å². The number of carbonyl (C=O) groups excluding carboxylic acids is 2. The van der Waals surface area contributed by atoms with Crippen molar-refractivity contribution in [1.29, 1.82) is 0 Å². The second-order valence-corrected chi connectivity index (χ2v) is 9.03. The highest BCUT2D eigenvalue weighted by molar-refractivity contribution is 7.14. The number of aromatic nitrogens is 3. The van der Waals surface area contributed by atoms with Crippen molar-refractivity contribution in [2.45, 2.75) is 26.7 Å². The van der Waals surface area contributed by atoms with Crippen molar-refractivity contribution >= 4 is 45.6 Å². The van der Waals surface area contributed by atoms with Gasteiger partial charge in [0.25, 0.3) is 5.91 Å². The molecule has 0 fully saturated rings. The van der Waals surface area contributed by atoms with Gasteiger partial charge in [-0.3, -0.25) is 14.9 Å². The zero-order valence-corrected chi connectivity index (χ0v) is 19.9. The maximum Gasteiger partial charge on any atom is 0.260 e. The smallest absolute Gasteiger partial charge is 0.260 e. The average molecular weight is 480 g/mol. The predicted molar refractivity (Wildman–Crippen MR) is 132 cm³/mol. The molecular weight excluding hydrogens is 458 g/mol. The van der Waals surface area contributed by atoms with Gasteiger partial charge in [-0.15, -0.1) is 11.3 Å². The van der Waals surface area contributed by atoms with Crippen LogP contribution in [0.4, 0.5) is 10.8 Å². The summed E-state index contributed by atoms with van der Waals surface area (Å²) in [5, 5.41) is 13.0. The highest BCUT2D eigenvalue weighted by atomic mass is 35.5. The molecule has 2 aromatic heterocycles. The number of nitrogens with one attached hydrogen (secondary N) is 2. The van der Waals surface area contributed by atoms with E-state index in [1.165, 1.54) is 18.3 Å². The molecule has 4 aromatic rings. The summed E-state index contributed by atoms with van der Waals surface area (Å²) in [5.41, 5.74) is 4.42. The molecule has 33 heavy (non-hydrogen) atoms. The molecule has 2 heterocycles. The molecule has 0 atom stereocenters. The molecule has 7 nitrogen and oxygen atoms in total. The third-order valence-corrected chi connectivity index (χ3v) is 5.87. The molecular formula is C24H22ClN5O2S. The molecule has 0 saturated carbocycles. The average Bonchev–Trinajstić information content (AvgIpc) is 3.41. The Labute approximate surface area is 200 Å². The summed E-state index contributed by atoms with van der Waals surface area (Å²) in [4.78, 5) is 28.8. The van der Waals surface area contributed by atoms with E-state index in [0.717, 1.165) is 22.6 Å². The zero-order chi connectivity index (χ0) is 23.5. The number of hydrogen-bond donors (Lipinski definition) is 2. The lowest BCUT2D eigenvalue weighted by Crippen LogP contribution is -2.15. The molecule has 4 rings (SSSR count). The largest absolute Gasteiger partial charge is 0.326 e. The molecule has 0 aliphatic heterocycles. The van der Waals surface area contributed by atoms with E-state index in [1.807, 2.05) is 61.7 Å². The Morgan fingerprint density at radius 3 is 2.52 bits per heavy atom. The number of halogens is 1. The minimum absolute atomic E-state index is 0.0567. The lowest BCUT2D eigenvalue weighted by molar-refractivity contribution is -0.114. The summed E-state index contributed by atoms with van der Waals surface area (Å²) < 4.78 is 1.75. The van der Waals surface area contributed by atoms with Crippen LogP contribution in [-0.4, -0.2) is 26.6 Å². The van der Waals surface area contributed by atoms with Crippen molar-refractivity contribution in [3.63, 3.8) is 0 Å². The molecule has 168 valence electrons. The Morgan fingerprint density at radius 1 is 1.09 bits per heavy atom. The van der Waals surface area contributed by atoms with Gasteiger partial charge in [-0.2, -0.15) is 5.10 Å². The van der Waals surface area contributed by atoms with Crippen molar-refractivity contribution in [2.24, 2.45) is 0 Å². The van der Waals surface area contributed by atoms with Crippen molar-refractivity contribution in [3.05, 3.63) is 76.4 Å². The Morgan fingerprint density at radius 2 is 1.85 bits per heavy atom. The number of anilines is 2. The van der Waals surface area contributed by atoms with Crippen LogP contribution in [0, 0.1) is 0 Å². The SMILES string of the molecule is CC(=O)Nc1ccc(-c2csc(NC(=O)c3cnn(-c4cccc(Cl)c4)c3C(C)C)n2)cc1. The highest BCUT2D eigenvalue weighted by Gasteiger charge is 2.22. The van der Waals surface area contributed by atoms with E-state index in [2.05, 4.69) is 20.7 Å². The van der Waals surface area contributed by atoms with Gasteiger partial charge in [0.15, 0.2) is 5.13 Å². The Balaban J connectivity index is 1.55. The van der Waals surface area contributed by atoms with Gasteiger partial charge in [-0.1, -0.05) is 43.6 Å². The number of carbonyl (C=O) groups is 2. The van der Waals surface area contributed by atoms with E-state index >= 15 is 0 Å². The number of amides is 2. The summed E-state index contributed by atoms with van der Waals surface area (Å²) in [6.07, 6.45) is 1.57. The third-order valence-electron chi connectivity index (χ3n) is 4.88. The summed E-state index contributed by atoms with van der Waals surface area (Å²) in [6.45, 7) is 5.49. The van der Waals surface area contributed by atoms with Crippen LogP contribution in [0.2, 0.25) is 5.02 Å². The number of benzene rings is 2. The first-order valence-electron chi connectivity index (χ1n) is 10.3. The molecule has 0 spiro atoms. The van der Waals surface area contributed by atoms with Crippen LogP contribution in [0.5, 0.6) is 0 Å². The first kappa shape index (κ1) is 22.7. The van der Waals surface area contributed by atoms with Gasteiger partial charge < -0.3 is 5.32 Å². The fourth-order valence-corrected chi connectivity index (χ4v) is 4.36. The fourth-order valence-electron chi connectivity index (χ4n) is 3.46. The lowest BCUT2D eigenvalue weighted by atomic mass is 10.1. The molecule has 0 aliphatic carbocycles. The van der Waals surface area contributed by atoms with Gasteiger partial charge in [0.2, 0.25) is 5.91 Å². The van der Waals surface area contributed by atoms with Gasteiger partial charge in [0.05, 0.1) is 28.8 Å². The first-order chi connectivity index (χ1) is 15.8. The van der Waals surface area contributed by atoms with Crippen LogP contribution >= 0.6 is 22.9 Å². The van der Waals surface area contributed by atoms with Gasteiger partial charge in [-0.05, 0) is 36.2 Å². The molecule has 0 aliphatic rings. The first-order valence-corrected chi connectivity index (χ1v) is 11.6. The van der Waals surface area contributed by atoms with Gasteiger partial charge in [0.1, 0.15) is 0 Å². The van der Waals surface area contributed by atoms with E-state index in [9.17, 15) is 9.59 Å². The van der Waals surface area contributed by atoms with Crippen molar-refractivity contribution < 1.29 is 9.59 Å². The summed E-state index contributed by atoms with van der Waals surface area (Å²) >= 11 is 7.49. The second-order valence-electron chi connectivity index (χ2n) is 7.74. The predicted octanol–water partition coefficient (Wildman–Crippen LogP) is 5.98. The fraction of sp³-hybridized carbons (Fsp3) is 0.167. The maximum atomic E-state index is 13.1. The van der Waals surface area contributed by atoms with Gasteiger partial charge in [-0.25, -0.2) is 9.67 Å². The number of thiazole rings is 1. The van der Waals surface area contributed by atoms with E-state index in [-0.39, 0.29) is 17.7 Å². The van der Waals surface area contributed by atoms with Crippen LogP contribution in [0.3, 0.4) is 0 Å². The van der Waals surface area contributed by atoms with Crippen LogP contribution < -0.4 is 10.6 Å². The Bertz CT molecular complexity index is 1310. The van der Waals surface area contributed by atoms with Gasteiger partial charge in [0, 0.05) is 28.6 Å². The standard InChI is InChI=1S/C24H22ClN5O2S/c1-14(2)22-20(12-26-30(22)19-6-4-5-17(25)11-19)23(32)29-24-28-21(13-33-24)16-7-9-18(10-8-16)27-15(3)31/h4-14H,1-3H3,(H,27,31)(H,28,29,32). The van der Waals surface area contributed by atoms with E-state index in [4.69, 9.17) is 11.6 Å². The summed E-state index contributed by atoms with van der Waals surface area (Å²) in [7, 11) is 0. The molecule has 0 unspecified atom stereocenters. The minimum atomic E-state index is -0.270. The zero-order valence-electron chi connectivity index (χ0n) is 18.3. The second kappa shape index (κ2) is 9.56. The van der Waals surface area contributed by atoms with Crippen LogP contribution in [0.1, 0.15) is 42.7 Å². The number of nitrogens with zero attached hydrogens (tertiary/aromatic N) is 3. The Hall–Kier alpha value is -3.49. The third kappa shape index (κ3) is 5.13. The molecule has 2 N–H and O–H groups in total. The lowest BCUT2D eigenvalue weighted by Gasteiger charge is -2.12. The normalized spacial score (nSPS) is 10.9. The minimum Gasteiger partial charge on any atom is -0.326 e. The molecule has 0 saturated heterocycles. The number of rotatable bonds is 6. The van der Waals surface area contributed by atoms with Gasteiger partial charge >= 0.3 is 0 Å². The highest BCUT2D eigenvalue weighted by Crippen LogP contribution is 2.28. The van der Waals surface area contributed by atoms with Crippen molar-refractivity contribution in [3.8, 4) is 16.9 Å². The number of hydrogen-bond acceptors (Lipinski definition) is 5. The summed E-state index contributed by atoms with van der Waals surface area (Å²) in [6, 6.07) is 14.7. The molecule has 2 aromatic carbocycles. The van der Waals surface area contributed by atoms with E-state index in [0.29, 0.717) is 21.4 Å². The monoisotopic (exact) mass is 479 g/mol. The van der Waals surface area contributed by atoms with Crippen LogP contribution in [-0.2, 0) is 4.79 Å². The van der Waals surface area contributed by atoms with E-state index < -0.39 is 0 Å². The molecule has 0 radical (unpaired) electrons. The summed E-state index contributed by atoms with van der Waals surface area (Å²) in [5.74, 6) is -0.337. The van der Waals surface area contributed by atoms with Crippen LogP contribution in [0.15, 0.2) is 60.1 Å². The molecule has 2 amide bonds.